The van der Waals surface area contributed by atoms with Crippen molar-refractivity contribution in [1.29, 1.82) is 0 Å². The first-order valence-electron chi connectivity index (χ1n) is 7.92. The van der Waals surface area contributed by atoms with Crippen LogP contribution in [0.5, 0.6) is 0 Å². The second kappa shape index (κ2) is 6.76. The molecule has 3 aromatic heterocycles. The molecule has 1 aliphatic heterocycles. The fourth-order valence-electron chi connectivity index (χ4n) is 2.66. The fraction of sp³-hybridized carbons (Fsp3) is 0.294. The molecule has 1 unspecified atom stereocenters. The number of nitrogens with one attached hydrogen (secondary N) is 1. The van der Waals surface area contributed by atoms with Crippen LogP contribution in [-0.4, -0.2) is 26.8 Å². The van der Waals surface area contributed by atoms with E-state index in [1.165, 1.54) is 0 Å². The van der Waals surface area contributed by atoms with Crippen molar-refractivity contribution in [1.82, 2.24) is 20.2 Å². The van der Waals surface area contributed by atoms with Crippen molar-refractivity contribution >= 4 is 6.01 Å². The van der Waals surface area contributed by atoms with Crippen LogP contribution in [0.1, 0.15) is 30.4 Å². The Balaban J connectivity index is 1.43. The van der Waals surface area contributed by atoms with Gasteiger partial charge in [-0.15, -0.1) is 5.10 Å². The van der Waals surface area contributed by atoms with E-state index in [0.29, 0.717) is 18.5 Å². The van der Waals surface area contributed by atoms with Crippen LogP contribution in [-0.2, 0) is 11.3 Å². The molecule has 0 amide bonds. The molecule has 4 heterocycles. The summed E-state index contributed by atoms with van der Waals surface area (Å²) in [5, 5.41) is 11.2. The molecule has 7 heteroatoms. The predicted molar refractivity (Wildman–Crippen MR) is 87.0 cm³/mol. The number of hydrogen-bond acceptors (Lipinski definition) is 7. The molecule has 1 N–H and O–H groups in total. The van der Waals surface area contributed by atoms with Gasteiger partial charge in [0.25, 0.3) is 0 Å². The maximum Gasteiger partial charge on any atom is 0.315 e. The summed E-state index contributed by atoms with van der Waals surface area (Å²) in [5.41, 5.74) is 3.08. The molecule has 1 saturated heterocycles. The molecule has 7 nitrogen and oxygen atoms in total. The third-order valence-electron chi connectivity index (χ3n) is 3.88. The van der Waals surface area contributed by atoms with Crippen molar-refractivity contribution < 1.29 is 9.15 Å². The van der Waals surface area contributed by atoms with E-state index in [1.807, 2.05) is 30.7 Å². The van der Waals surface area contributed by atoms with E-state index in [4.69, 9.17) is 9.15 Å². The Kier molecular flexibility index (Phi) is 4.16. The number of ether oxygens (including phenoxy) is 1. The standard InChI is InChI=1S/C17H17N5O2/c1-3-13(10-18-5-1)14-7-12(8-19-11-14)9-20-17-22-21-16(24-17)15-4-2-6-23-15/h1,3,5,7-8,10-11,15H,2,4,6,9H2,(H,20,22). The Morgan fingerprint density at radius 2 is 2.08 bits per heavy atom. The van der Waals surface area contributed by atoms with E-state index in [9.17, 15) is 0 Å². The summed E-state index contributed by atoms with van der Waals surface area (Å²) in [7, 11) is 0. The highest BCUT2D eigenvalue weighted by atomic mass is 16.5. The number of aromatic nitrogens is 4. The zero-order chi connectivity index (χ0) is 16.2. The van der Waals surface area contributed by atoms with Crippen molar-refractivity contribution in [3.8, 4) is 11.1 Å². The van der Waals surface area contributed by atoms with Gasteiger partial charge in [-0.2, -0.15) is 0 Å². The summed E-state index contributed by atoms with van der Waals surface area (Å²) in [6.45, 7) is 1.30. The van der Waals surface area contributed by atoms with E-state index in [-0.39, 0.29) is 6.10 Å². The number of anilines is 1. The summed E-state index contributed by atoms with van der Waals surface area (Å²) < 4.78 is 11.2. The Hall–Kier alpha value is -2.80. The highest BCUT2D eigenvalue weighted by Gasteiger charge is 2.23. The molecule has 1 atom stereocenters. The normalized spacial score (nSPS) is 17.1. The van der Waals surface area contributed by atoms with Gasteiger partial charge in [0.15, 0.2) is 0 Å². The monoisotopic (exact) mass is 323 g/mol. The summed E-state index contributed by atoms with van der Waals surface area (Å²) in [5.74, 6) is 0.539. The van der Waals surface area contributed by atoms with Crippen LogP contribution >= 0.6 is 0 Å². The lowest BCUT2D eigenvalue weighted by molar-refractivity contribution is 0.0897. The highest BCUT2D eigenvalue weighted by Crippen LogP contribution is 2.28. The minimum atomic E-state index is -0.0661. The lowest BCUT2D eigenvalue weighted by Crippen LogP contribution is -2.00. The van der Waals surface area contributed by atoms with E-state index in [0.717, 1.165) is 36.1 Å². The van der Waals surface area contributed by atoms with Crippen LogP contribution in [0.15, 0.2) is 47.4 Å². The molecule has 1 aliphatic rings. The summed E-state index contributed by atoms with van der Waals surface area (Å²) >= 11 is 0. The summed E-state index contributed by atoms with van der Waals surface area (Å²) in [4.78, 5) is 8.42. The van der Waals surface area contributed by atoms with Gasteiger partial charge in [-0.3, -0.25) is 9.97 Å². The lowest BCUT2D eigenvalue weighted by Gasteiger charge is -2.05. The van der Waals surface area contributed by atoms with Crippen LogP contribution in [0, 0.1) is 0 Å². The highest BCUT2D eigenvalue weighted by molar-refractivity contribution is 5.61. The molecule has 4 rings (SSSR count). The molecule has 0 saturated carbocycles. The topological polar surface area (TPSA) is 86.0 Å². The zero-order valence-electron chi connectivity index (χ0n) is 13.1. The van der Waals surface area contributed by atoms with Gasteiger partial charge in [0.1, 0.15) is 6.10 Å². The van der Waals surface area contributed by atoms with Gasteiger partial charge < -0.3 is 14.5 Å². The van der Waals surface area contributed by atoms with E-state index >= 15 is 0 Å². The minimum Gasteiger partial charge on any atom is -0.405 e. The van der Waals surface area contributed by atoms with Crippen LogP contribution in [0.25, 0.3) is 11.1 Å². The first-order chi connectivity index (χ1) is 11.9. The van der Waals surface area contributed by atoms with Gasteiger partial charge in [-0.05, 0) is 30.5 Å². The quantitative estimate of drug-likeness (QED) is 0.772. The number of nitrogens with zero attached hydrogens (tertiary/aromatic N) is 4. The van der Waals surface area contributed by atoms with Crippen LogP contribution in [0.3, 0.4) is 0 Å². The van der Waals surface area contributed by atoms with Crippen molar-refractivity contribution in [2.45, 2.75) is 25.5 Å². The van der Waals surface area contributed by atoms with Gasteiger partial charge in [-0.25, -0.2) is 0 Å². The van der Waals surface area contributed by atoms with Gasteiger partial charge >= 0.3 is 6.01 Å². The first-order valence-corrected chi connectivity index (χ1v) is 7.92. The van der Waals surface area contributed by atoms with E-state index in [1.54, 1.807) is 6.20 Å². The largest absolute Gasteiger partial charge is 0.405 e. The van der Waals surface area contributed by atoms with Crippen molar-refractivity contribution in [2.24, 2.45) is 0 Å². The van der Waals surface area contributed by atoms with Gasteiger partial charge in [0, 0.05) is 49.1 Å². The molecule has 0 aliphatic carbocycles. The van der Waals surface area contributed by atoms with Crippen molar-refractivity contribution in [2.75, 3.05) is 11.9 Å². The second-order valence-corrected chi connectivity index (χ2v) is 5.62. The number of pyridine rings is 2. The minimum absolute atomic E-state index is 0.0661. The van der Waals surface area contributed by atoms with Crippen molar-refractivity contribution in [3.63, 3.8) is 0 Å². The maximum atomic E-state index is 5.62. The third-order valence-corrected chi connectivity index (χ3v) is 3.88. The predicted octanol–water partition coefficient (Wildman–Crippen LogP) is 2.99. The third kappa shape index (κ3) is 3.26. The SMILES string of the molecule is c1cncc(-c2cncc(CNc3nnc(C4CCCO4)o3)c2)c1. The summed E-state index contributed by atoms with van der Waals surface area (Å²) in [6.07, 6.45) is 9.10. The number of hydrogen-bond donors (Lipinski definition) is 1. The molecule has 24 heavy (non-hydrogen) atoms. The Morgan fingerprint density at radius 3 is 2.92 bits per heavy atom. The second-order valence-electron chi connectivity index (χ2n) is 5.62. The molecule has 3 aromatic rings. The first kappa shape index (κ1) is 14.8. The van der Waals surface area contributed by atoms with Gasteiger partial charge in [0.05, 0.1) is 0 Å². The molecule has 0 radical (unpaired) electrons. The fourth-order valence-corrected chi connectivity index (χ4v) is 2.66. The maximum absolute atomic E-state index is 5.62. The van der Waals surface area contributed by atoms with Crippen LogP contribution in [0.2, 0.25) is 0 Å². The Bertz CT molecular complexity index is 800. The van der Waals surface area contributed by atoms with Gasteiger partial charge in [0.2, 0.25) is 5.89 Å². The molecule has 0 bridgehead atoms. The molecular weight excluding hydrogens is 306 g/mol. The lowest BCUT2D eigenvalue weighted by atomic mass is 10.1. The van der Waals surface area contributed by atoms with Crippen molar-refractivity contribution in [3.05, 3.63) is 54.4 Å². The molecule has 0 spiro atoms. The number of rotatable bonds is 5. The molecular formula is C17H17N5O2. The molecule has 122 valence electrons. The Labute approximate surface area is 139 Å². The average molecular weight is 323 g/mol. The van der Waals surface area contributed by atoms with E-state index in [2.05, 4.69) is 31.5 Å². The zero-order valence-corrected chi connectivity index (χ0v) is 13.1. The van der Waals surface area contributed by atoms with Crippen LogP contribution < -0.4 is 5.32 Å². The van der Waals surface area contributed by atoms with Gasteiger partial charge in [-0.1, -0.05) is 11.2 Å². The van der Waals surface area contributed by atoms with Crippen LogP contribution in [0.4, 0.5) is 6.01 Å². The average Bonchev–Trinajstić information content (AvgIpc) is 3.32. The Morgan fingerprint density at radius 1 is 1.12 bits per heavy atom. The summed E-state index contributed by atoms with van der Waals surface area (Å²) in [6, 6.07) is 6.37. The smallest absolute Gasteiger partial charge is 0.315 e. The molecule has 0 aromatic carbocycles. The van der Waals surface area contributed by atoms with E-state index < -0.39 is 0 Å². The molecule has 1 fully saturated rings.